The van der Waals surface area contributed by atoms with Gasteiger partial charge in [-0.05, 0) is 42.5 Å². The zero-order valence-electron chi connectivity index (χ0n) is 15.5. The van der Waals surface area contributed by atoms with Gasteiger partial charge in [0.05, 0.1) is 16.2 Å². The number of hydrogen-bond acceptors (Lipinski definition) is 6. The van der Waals surface area contributed by atoms with E-state index in [-0.39, 0.29) is 17.9 Å². The van der Waals surface area contributed by atoms with E-state index >= 15 is 0 Å². The van der Waals surface area contributed by atoms with Gasteiger partial charge < -0.3 is 15.8 Å². The van der Waals surface area contributed by atoms with E-state index in [2.05, 4.69) is 20.3 Å². The second kappa shape index (κ2) is 8.30. The smallest absolute Gasteiger partial charge is 0.286 e. The van der Waals surface area contributed by atoms with Gasteiger partial charge in [0, 0.05) is 23.3 Å². The molecule has 2 aromatic carbocycles. The number of ether oxygens (including phenoxy) is 1. The molecule has 0 aliphatic carbocycles. The fraction of sp³-hybridized carbons (Fsp3) is 0.0476. The molecule has 0 saturated carbocycles. The average Bonchev–Trinajstić information content (AvgIpc) is 2.73. The third-order valence-electron chi connectivity index (χ3n) is 4.18. The van der Waals surface area contributed by atoms with Gasteiger partial charge in [-0.3, -0.25) is 9.78 Å². The minimum atomic E-state index is -0.819. The van der Waals surface area contributed by atoms with E-state index in [1.165, 1.54) is 18.2 Å². The lowest BCUT2D eigenvalue weighted by atomic mass is 10.2. The summed E-state index contributed by atoms with van der Waals surface area (Å²) in [5.74, 6) is -0.745. The Balaban J connectivity index is 1.60. The van der Waals surface area contributed by atoms with Gasteiger partial charge in [0.25, 0.3) is 5.91 Å². The molecule has 0 spiro atoms. The van der Waals surface area contributed by atoms with Crippen molar-refractivity contribution in [3.05, 3.63) is 83.2 Å². The monoisotopic (exact) mass is 423 g/mol. The molecule has 2 aromatic heterocycles. The van der Waals surface area contributed by atoms with Crippen LogP contribution in [0.15, 0.2) is 60.8 Å². The minimum Gasteiger partial charge on any atom is -0.486 e. The first-order valence-corrected chi connectivity index (χ1v) is 9.24. The Morgan fingerprint density at radius 2 is 2.00 bits per heavy atom. The van der Waals surface area contributed by atoms with Crippen LogP contribution in [0.25, 0.3) is 10.9 Å². The molecular formula is C21H15ClFN5O2. The molecule has 0 fully saturated rings. The van der Waals surface area contributed by atoms with Gasteiger partial charge in [-0.25, -0.2) is 14.4 Å². The van der Waals surface area contributed by atoms with Crippen LogP contribution in [0, 0.1) is 5.82 Å². The van der Waals surface area contributed by atoms with E-state index in [1.807, 2.05) is 18.2 Å². The number of hydrogen-bond donors (Lipinski definition) is 2. The number of rotatable bonds is 6. The van der Waals surface area contributed by atoms with Crippen molar-refractivity contribution in [2.24, 2.45) is 5.73 Å². The second-order valence-corrected chi connectivity index (χ2v) is 6.71. The van der Waals surface area contributed by atoms with Gasteiger partial charge >= 0.3 is 0 Å². The number of pyridine rings is 1. The number of anilines is 2. The molecule has 2 heterocycles. The molecule has 3 N–H and O–H groups in total. The molecule has 30 heavy (non-hydrogen) atoms. The predicted molar refractivity (Wildman–Crippen MR) is 111 cm³/mol. The van der Waals surface area contributed by atoms with Crippen molar-refractivity contribution in [2.75, 3.05) is 5.32 Å². The van der Waals surface area contributed by atoms with Crippen LogP contribution >= 0.6 is 11.6 Å². The Hall–Kier alpha value is -3.78. The molecule has 0 atom stereocenters. The number of primary amides is 1. The maximum Gasteiger partial charge on any atom is 0.286 e. The quantitative estimate of drug-likeness (QED) is 0.481. The normalized spacial score (nSPS) is 10.7. The van der Waals surface area contributed by atoms with Crippen LogP contribution < -0.4 is 15.8 Å². The summed E-state index contributed by atoms with van der Waals surface area (Å²) in [5, 5.41) is 3.96. The third-order valence-corrected chi connectivity index (χ3v) is 4.47. The number of benzene rings is 2. The van der Waals surface area contributed by atoms with Gasteiger partial charge in [-0.2, -0.15) is 0 Å². The molecular weight excluding hydrogens is 409 g/mol. The number of carbonyl (C=O) groups excluding carboxylic acids is 1. The van der Waals surface area contributed by atoms with E-state index in [0.717, 1.165) is 5.69 Å². The zero-order valence-corrected chi connectivity index (χ0v) is 16.2. The maximum atomic E-state index is 13.6. The Morgan fingerprint density at radius 3 is 2.73 bits per heavy atom. The summed E-state index contributed by atoms with van der Waals surface area (Å²) in [7, 11) is 0. The zero-order chi connectivity index (χ0) is 21.1. The third kappa shape index (κ3) is 4.28. The number of amides is 1. The molecule has 4 aromatic rings. The summed E-state index contributed by atoms with van der Waals surface area (Å²) >= 11 is 6.34. The first-order chi connectivity index (χ1) is 14.5. The van der Waals surface area contributed by atoms with Crippen LogP contribution in [0.2, 0.25) is 5.02 Å². The highest BCUT2D eigenvalue weighted by molar-refractivity contribution is 6.32. The minimum absolute atomic E-state index is 0.225. The van der Waals surface area contributed by atoms with E-state index in [1.54, 1.807) is 24.4 Å². The van der Waals surface area contributed by atoms with Crippen LogP contribution in [0.1, 0.15) is 16.3 Å². The largest absolute Gasteiger partial charge is 0.486 e. The maximum absolute atomic E-state index is 13.6. The van der Waals surface area contributed by atoms with Crippen LogP contribution in [0.3, 0.4) is 0 Å². The Bertz CT molecular complexity index is 1240. The van der Waals surface area contributed by atoms with Crippen molar-refractivity contribution in [3.63, 3.8) is 0 Å². The van der Waals surface area contributed by atoms with Crippen LogP contribution in [0.4, 0.5) is 15.9 Å². The van der Waals surface area contributed by atoms with Gasteiger partial charge in [0.2, 0.25) is 5.82 Å². The van der Waals surface area contributed by atoms with Crippen molar-refractivity contribution in [2.45, 2.75) is 6.61 Å². The molecule has 150 valence electrons. The Morgan fingerprint density at radius 1 is 1.13 bits per heavy atom. The number of halogens is 2. The lowest BCUT2D eigenvalue weighted by Gasteiger charge is -2.12. The molecule has 1 amide bonds. The second-order valence-electron chi connectivity index (χ2n) is 6.30. The number of nitrogens with two attached hydrogens (primary N) is 1. The Kier molecular flexibility index (Phi) is 5.40. The average molecular weight is 424 g/mol. The summed E-state index contributed by atoms with van der Waals surface area (Å²) in [4.78, 5) is 23.9. The fourth-order valence-corrected chi connectivity index (χ4v) is 3.01. The van der Waals surface area contributed by atoms with Gasteiger partial charge in [0.15, 0.2) is 0 Å². The van der Waals surface area contributed by atoms with Gasteiger partial charge in [-0.15, -0.1) is 0 Å². The van der Waals surface area contributed by atoms with Crippen molar-refractivity contribution < 1.29 is 13.9 Å². The highest BCUT2D eigenvalue weighted by Gasteiger charge is 2.13. The van der Waals surface area contributed by atoms with E-state index in [4.69, 9.17) is 22.1 Å². The van der Waals surface area contributed by atoms with Crippen molar-refractivity contribution >= 4 is 39.9 Å². The fourth-order valence-electron chi connectivity index (χ4n) is 2.78. The van der Waals surface area contributed by atoms with E-state index < -0.39 is 11.7 Å². The van der Waals surface area contributed by atoms with Crippen molar-refractivity contribution in [1.29, 1.82) is 0 Å². The molecule has 0 radical (unpaired) electrons. The summed E-state index contributed by atoms with van der Waals surface area (Å²) in [6.45, 7) is 0.275. The number of nitrogens with one attached hydrogen (secondary N) is 1. The first-order valence-electron chi connectivity index (χ1n) is 8.86. The lowest BCUT2D eigenvalue weighted by Crippen LogP contribution is -2.16. The molecule has 0 unspecified atom stereocenters. The van der Waals surface area contributed by atoms with Crippen LogP contribution in [-0.2, 0) is 6.61 Å². The number of nitrogens with zero attached hydrogens (tertiary/aromatic N) is 3. The van der Waals surface area contributed by atoms with Crippen molar-refractivity contribution in [1.82, 2.24) is 15.0 Å². The highest BCUT2D eigenvalue weighted by atomic mass is 35.5. The van der Waals surface area contributed by atoms with E-state index in [0.29, 0.717) is 27.7 Å². The molecule has 4 rings (SSSR count). The van der Waals surface area contributed by atoms with Gasteiger partial charge in [0.1, 0.15) is 24.0 Å². The molecule has 7 nitrogen and oxygen atoms in total. The summed E-state index contributed by atoms with van der Waals surface area (Å²) < 4.78 is 19.3. The molecule has 0 aliphatic heterocycles. The predicted octanol–water partition coefficient (Wildman–Crippen LogP) is 4.24. The molecule has 9 heteroatoms. The molecule has 0 bridgehead atoms. The highest BCUT2D eigenvalue weighted by Crippen LogP contribution is 2.31. The topological polar surface area (TPSA) is 103 Å². The van der Waals surface area contributed by atoms with Crippen LogP contribution in [-0.4, -0.2) is 20.9 Å². The Labute approximate surface area is 175 Å². The molecule has 0 saturated heterocycles. The number of fused-ring (bicyclic) bond motifs is 1. The van der Waals surface area contributed by atoms with Crippen LogP contribution in [0.5, 0.6) is 5.75 Å². The van der Waals surface area contributed by atoms with Gasteiger partial charge in [-0.1, -0.05) is 17.7 Å². The van der Waals surface area contributed by atoms with Crippen molar-refractivity contribution in [3.8, 4) is 5.75 Å². The first kappa shape index (κ1) is 19.5. The summed E-state index contributed by atoms with van der Waals surface area (Å²) in [6, 6.07) is 14.6. The lowest BCUT2D eigenvalue weighted by molar-refractivity contribution is 0.0991. The summed E-state index contributed by atoms with van der Waals surface area (Å²) in [6.07, 6.45) is 1.69. The summed E-state index contributed by atoms with van der Waals surface area (Å²) in [5.41, 5.74) is 6.92. The standard InChI is InChI=1S/C21H15ClFN5O2/c22-16-10-13(5-7-18(16)30-11-14-3-1-2-8-25-14)26-20-15-6-4-12(23)9-17(15)27-21(28-20)19(24)29/h1-10H,11H2,(H2,24,29)(H,26,27,28). The number of carbonyl (C=O) groups is 1. The van der Waals surface area contributed by atoms with E-state index in [9.17, 15) is 9.18 Å². The number of aromatic nitrogens is 3. The SMILES string of the molecule is NC(=O)c1nc(Nc2ccc(OCc3ccccn3)c(Cl)c2)c2ccc(F)cc2n1. The molecule has 0 aliphatic rings.